The van der Waals surface area contributed by atoms with Crippen molar-refractivity contribution in [1.82, 2.24) is 29.6 Å². The SMILES string of the molecule is CN1CCN(c2ccc3nnc(CCC(=O)N4CCN(c5ccccc5F)CC4)n3n2)CC1. The number of rotatable bonds is 5. The lowest BCUT2D eigenvalue weighted by Gasteiger charge is -2.36. The van der Waals surface area contributed by atoms with Crippen molar-refractivity contribution in [3.8, 4) is 0 Å². The molecule has 4 heterocycles. The van der Waals surface area contributed by atoms with Gasteiger partial charge in [0.2, 0.25) is 5.91 Å². The molecule has 33 heavy (non-hydrogen) atoms. The average Bonchev–Trinajstić information content (AvgIpc) is 3.26. The first kappa shape index (κ1) is 21.6. The van der Waals surface area contributed by atoms with E-state index in [0.717, 1.165) is 32.0 Å². The maximum atomic E-state index is 14.1. The highest BCUT2D eigenvalue weighted by Crippen LogP contribution is 2.20. The van der Waals surface area contributed by atoms with Gasteiger partial charge in [-0.05, 0) is 31.3 Å². The van der Waals surface area contributed by atoms with Gasteiger partial charge in [0, 0.05) is 65.2 Å². The Kier molecular flexibility index (Phi) is 6.08. The van der Waals surface area contributed by atoms with Gasteiger partial charge >= 0.3 is 0 Å². The van der Waals surface area contributed by atoms with Crippen LogP contribution in [0.5, 0.6) is 0 Å². The maximum Gasteiger partial charge on any atom is 0.223 e. The highest BCUT2D eigenvalue weighted by Gasteiger charge is 2.23. The Morgan fingerprint density at radius 2 is 1.64 bits per heavy atom. The third-order valence-corrected chi connectivity index (χ3v) is 6.53. The van der Waals surface area contributed by atoms with Crippen molar-refractivity contribution in [2.24, 2.45) is 0 Å². The standard InChI is InChI=1S/C23H29FN8O/c1-28-10-12-30(13-11-28)22-7-6-20-25-26-21(32(20)27-22)8-9-23(33)31-16-14-29(15-17-31)19-5-3-2-4-18(19)24/h2-7H,8-17H2,1H3. The minimum absolute atomic E-state index is 0.0788. The second-order valence-corrected chi connectivity index (χ2v) is 8.69. The Morgan fingerprint density at radius 1 is 0.909 bits per heavy atom. The number of fused-ring (bicyclic) bond motifs is 1. The summed E-state index contributed by atoms with van der Waals surface area (Å²) in [6.45, 7) is 6.29. The van der Waals surface area contributed by atoms with Gasteiger partial charge in [0.15, 0.2) is 11.5 Å². The number of aromatic nitrogens is 4. The highest BCUT2D eigenvalue weighted by molar-refractivity contribution is 5.76. The zero-order valence-corrected chi connectivity index (χ0v) is 18.9. The predicted octanol–water partition coefficient (Wildman–Crippen LogP) is 1.30. The molecule has 0 atom stereocenters. The normalized spacial score (nSPS) is 17.7. The number of benzene rings is 1. The number of nitrogens with zero attached hydrogens (tertiary/aromatic N) is 8. The number of amides is 1. The average molecular weight is 453 g/mol. The van der Waals surface area contributed by atoms with Crippen molar-refractivity contribution in [3.05, 3.63) is 48.0 Å². The van der Waals surface area contributed by atoms with Gasteiger partial charge in [-0.15, -0.1) is 15.3 Å². The molecule has 5 rings (SSSR count). The zero-order chi connectivity index (χ0) is 22.8. The summed E-state index contributed by atoms with van der Waals surface area (Å²) in [5.41, 5.74) is 1.29. The summed E-state index contributed by atoms with van der Waals surface area (Å²) in [6.07, 6.45) is 0.827. The van der Waals surface area contributed by atoms with Crippen molar-refractivity contribution in [1.29, 1.82) is 0 Å². The van der Waals surface area contributed by atoms with Crippen LogP contribution in [0.4, 0.5) is 15.9 Å². The van der Waals surface area contributed by atoms with E-state index in [1.807, 2.05) is 28.0 Å². The molecule has 2 aliphatic rings. The van der Waals surface area contributed by atoms with E-state index in [0.29, 0.717) is 56.2 Å². The maximum absolute atomic E-state index is 14.1. The van der Waals surface area contributed by atoms with Crippen molar-refractivity contribution >= 4 is 23.1 Å². The number of hydrogen-bond donors (Lipinski definition) is 0. The molecule has 174 valence electrons. The predicted molar refractivity (Wildman–Crippen MR) is 124 cm³/mol. The number of carbonyl (C=O) groups excluding carboxylic acids is 1. The summed E-state index contributed by atoms with van der Waals surface area (Å²) >= 11 is 0. The number of para-hydroxylation sites is 1. The number of anilines is 2. The molecule has 2 aromatic heterocycles. The zero-order valence-electron chi connectivity index (χ0n) is 18.9. The Balaban J connectivity index is 1.19. The Hall–Kier alpha value is -3.27. The summed E-state index contributed by atoms with van der Waals surface area (Å²) in [6, 6.07) is 10.7. The largest absolute Gasteiger partial charge is 0.366 e. The van der Waals surface area contributed by atoms with Gasteiger partial charge in [0.1, 0.15) is 11.6 Å². The lowest BCUT2D eigenvalue weighted by Crippen LogP contribution is -2.49. The number of piperazine rings is 2. The topological polar surface area (TPSA) is 73.1 Å². The first-order valence-corrected chi connectivity index (χ1v) is 11.5. The van der Waals surface area contributed by atoms with E-state index >= 15 is 0 Å². The molecule has 0 radical (unpaired) electrons. The molecule has 0 spiro atoms. The van der Waals surface area contributed by atoms with E-state index in [2.05, 4.69) is 27.0 Å². The Labute approximate surface area is 192 Å². The first-order chi connectivity index (χ1) is 16.1. The number of likely N-dealkylation sites (N-methyl/N-ethyl adjacent to an activating group) is 1. The fourth-order valence-electron chi connectivity index (χ4n) is 4.47. The van der Waals surface area contributed by atoms with Gasteiger partial charge in [-0.3, -0.25) is 4.79 Å². The van der Waals surface area contributed by atoms with Crippen molar-refractivity contribution in [2.75, 3.05) is 69.2 Å². The molecule has 2 fully saturated rings. The lowest BCUT2D eigenvalue weighted by atomic mass is 10.2. The number of hydrogen-bond acceptors (Lipinski definition) is 7. The number of carbonyl (C=O) groups is 1. The third kappa shape index (κ3) is 4.61. The molecule has 0 bridgehead atoms. The van der Waals surface area contributed by atoms with Gasteiger partial charge in [-0.2, -0.15) is 4.52 Å². The molecule has 2 saturated heterocycles. The monoisotopic (exact) mass is 452 g/mol. The van der Waals surface area contributed by atoms with E-state index in [1.54, 1.807) is 16.6 Å². The van der Waals surface area contributed by atoms with Crippen LogP contribution in [-0.4, -0.2) is 94.9 Å². The fraction of sp³-hybridized carbons (Fsp3) is 0.478. The second-order valence-electron chi connectivity index (χ2n) is 8.69. The van der Waals surface area contributed by atoms with Gasteiger partial charge in [-0.1, -0.05) is 12.1 Å². The van der Waals surface area contributed by atoms with Crippen molar-refractivity contribution < 1.29 is 9.18 Å². The molecule has 1 amide bonds. The molecule has 0 aliphatic carbocycles. The van der Waals surface area contributed by atoms with Crippen LogP contribution < -0.4 is 9.80 Å². The van der Waals surface area contributed by atoms with Crippen molar-refractivity contribution in [2.45, 2.75) is 12.8 Å². The molecule has 0 N–H and O–H groups in total. The molecule has 10 heteroatoms. The van der Waals surface area contributed by atoms with Crippen LogP contribution in [0.2, 0.25) is 0 Å². The molecule has 3 aromatic rings. The highest BCUT2D eigenvalue weighted by atomic mass is 19.1. The summed E-state index contributed by atoms with van der Waals surface area (Å²) in [5, 5.41) is 13.2. The minimum atomic E-state index is -0.223. The van der Waals surface area contributed by atoms with Crippen LogP contribution >= 0.6 is 0 Å². The van der Waals surface area contributed by atoms with Crippen molar-refractivity contribution in [3.63, 3.8) is 0 Å². The van der Waals surface area contributed by atoms with Gasteiger partial charge in [-0.25, -0.2) is 4.39 Å². The summed E-state index contributed by atoms with van der Waals surface area (Å²) in [4.78, 5) is 21.2. The second kappa shape index (κ2) is 9.30. The smallest absolute Gasteiger partial charge is 0.223 e. The molecule has 9 nitrogen and oxygen atoms in total. The minimum Gasteiger partial charge on any atom is -0.366 e. The molecule has 0 saturated carbocycles. The van der Waals surface area contributed by atoms with Crippen LogP contribution in [0.25, 0.3) is 5.65 Å². The Bertz CT molecular complexity index is 1120. The van der Waals surface area contributed by atoms with Gasteiger partial charge in [0.05, 0.1) is 5.69 Å². The molecule has 2 aliphatic heterocycles. The van der Waals surface area contributed by atoms with E-state index in [-0.39, 0.29) is 11.7 Å². The van der Waals surface area contributed by atoms with Crippen LogP contribution in [0.1, 0.15) is 12.2 Å². The molecule has 0 unspecified atom stereocenters. The lowest BCUT2D eigenvalue weighted by molar-refractivity contribution is -0.131. The molecular formula is C23H29FN8O. The third-order valence-electron chi connectivity index (χ3n) is 6.53. The van der Waals surface area contributed by atoms with E-state index in [4.69, 9.17) is 5.10 Å². The van der Waals surface area contributed by atoms with Gasteiger partial charge in [0.25, 0.3) is 0 Å². The molecular weight excluding hydrogens is 423 g/mol. The van der Waals surface area contributed by atoms with Crippen LogP contribution in [0, 0.1) is 5.82 Å². The van der Waals surface area contributed by atoms with E-state index < -0.39 is 0 Å². The van der Waals surface area contributed by atoms with Gasteiger partial charge < -0.3 is 19.6 Å². The summed E-state index contributed by atoms with van der Waals surface area (Å²) < 4.78 is 15.8. The van der Waals surface area contributed by atoms with E-state index in [9.17, 15) is 9.18 Å². The van der Waals surface area contributed by atoms with Crippen LogP contribution in [-0.2, 0) is 11.2 Å². The number of aryl methyl sites for hydroxylation is 1. The quantitative estimate of drug-likeness (QED) is 0.578. The summed E-state index contributed by atoms with van der Waals surface area (Å²) in [5.74, 6) is 1.46. The van der Waals surface area contributed by atoms with Crippen LogP contribution in [0.3, 0.4) is 0 Å². The first-order valence-electron chi connectivity index (χ1n) is 11.5. The Morgan fingerprint density at radius 3 is 2.39 bits per heavy atom. The fourth-order valence-corrected chi connectivity index (χ4v) is 4.47. The number of halogens is 1. The van der Waals surface area contributed by atoms with Crippen LogP contribution in [0.15, 0.2) is 36.4 Å². The van der Waals surface area contributed by atoms with E-state index in [1.165, 1.54) is 6.07 Å². The molecule has 1 aromatic carbocycles. The summed E-state index contributed by atoms with van der Waals surface area (Å²) in [7, 11) is 2.13.